The lowest BCUT2D eigenvalue weighted by Gasteiger charge is -2.26. The van der Waals surface area contributed by atoms with Crippen LogP contribution >= 0.6 is 0 Å². The lowest BCUT2D eigenvalue weighted by molar-refractivity contribution is 1.18. The minimum atomic E-state index is 1.08. The van der Waals surface area contributed by atoms with E-state index in [0.717, 1.165) is 28.3 Å². The fraction of sp³-hybridized carbons (Fsp3) is 0. The summed E-state index contributed by atoms with van der Waals surface area (Å²) in [4.78, 5) is 2.40. The molecule has 1 heterocycles. The van der Waals surface area contributed by atoms with Gasteiger partial charge in [-0.1, -0.05) is 200 Å². The molecule has 13 rings (SSSR count). The Morgan fingerprint density at radius 1 is 0.250 bits per heavy atom. The highest BCUT2D eigenvalue weighted by atomic mass is 15.1. The summed E-state index contributed by atoms with van der Waals surface area (Å²) in [5, 5.41) is 10.1. The molecule has 0 fully saturated rings. The van der Waals surface area contributed by atoms with Crippen molar-refractivity contribution >= 4 is 71.2 Å². The van der Waals surface area contributed by atoms with Crippen LogP contribution in [0.1, 0.15) is 0 Å². The van der Waals surface area contributed by atoms with Crippen LogP contribution in [0.2, 0.25) is 0 Å². The maximum absolute atomic E-state index is 2.42. The first-order valence-electron chi connectivity index (χ1n) is 23.4. The van der Waals surface area contributed by atoms with Crippen molar-refractivity contribution in [2.24, 2.45) is 0 Å². The molecular weight excluding hydrogens is 821 g/mol. The van der Waals surface area contributed by atoms with Crippen LogP contribution in [0.15, 0.2) is 267 Å². The molecule has 1 aromatic heterocycles. The van der Waals surface area contributed by atoms with E-state index in [1.807, 2.05) is 0 Å². The second-order valence-electron chi connectivity index (χ2n) is 17.7. The molecule has 0 bridgehead atoms. The molecule has 0 aliphatic rings. The topological polar surface area (TPSA) is 8.17 Å². The molecule has 68 heavy (non-hydrogen) atoms. The van der Waals surface area contributed by atoms with Crippen LogP contribution < -0.4 is 4.90 Å². The van der Waals surface area contributed by atoms with Gasteiger partial charge < -0.3 is 9.47 Å². The number of hydrogen-bond donors (Lipinski definition) is 0. The van der Waals surface area contributed by atoms with Crippen LogP contribution in [0.5, 0.6) is 0 Å². The number of hydrogen-bond acceptors (Lipinski definition) is 1. The van der Waals surface area contributed by atoms with E-state index in [-0.39, 0.29) is 0 Å². The lowest BCUT2D eigenvalue weighted by atomic mass is 9.93. The standard InChI is InChI=1S/C66H44N2/c1-3-15-45(16-4-1)46-29-31-47(32-30-46)48-33-38-54(39-34-48)67(55-40-35-50(36-41-55)62-44-52-18-8-9-23-57(52)60-25-11-12-26-61(60)62)56-22-13-19-51(43-56)59-27-14-28-63-66(59)65-58-24-10-7-17-49(58)37-42-64(65)68(63)53-20-5-2-6-21-53/h1-44H. The molecule has 2 nitrogen and oxygen atoms in total. The van der Waals surface area contributed by atoms with Crippen molar-refractivity contribution in [1.29, 1.82) is 0 Å². The Morgan fingerprint density at radius 2 is 0.765 bits per heavy atom. The Labute approximate surface area is 395 Å². The molecule has 0 atom stereocenters. The third-order valence-corrected chi connectivity index (χ3v) is 13.8. The Bertz CT molecular complexity index is 3980. The predicted octanol–water partition coefficient (Wildman–Crippen LogP) is 18.4. The van der Waals surface area contributed by atoms with E-state index in [4.69, 9.17) is 0 Å². The second kappa shape index (κ2) is 16.5. The van der Waals surface area contributed by atoms with Gasteiger partial charge in [0.2, 0.25) is 0 Å². The molecular formula is C66H44N2. The van der Waals surface area contributed by atoms with Crippen LogP contribution in [0.25, 0.3) is 104 Å². The van der Waals surface area contributed by atoms with Crippen molar-refractivity contribution in [2.75, 3.05) is 4.90 Å². The maximum Gasteiger partial charge on any atom is 0.0547 e. The first-order valence-corrected chi connectivity index (χ1v) is 23.4. The van der Waals surface area contributed by atoms with Gasteiger partial charge >= 0.3 is 0 Å². The van der Waals surface area contributed by atoms with Crippen LogP contribution in [-0.4, -0.2) is 4.57 Å². The van der Waals surface area contributed by atoms with Crippen molar-refractivity contribution in [3.8, 4) is 50.2 Å². The average molecular weight is 865 g/mol. The SMILES string of the molecule is c1ccc(-c2ccc(-c3ccc(N(c4ccc(-c5cc6ccccc6c6ccccc56)cc4)c4cccc(-c5cccc6c5c5c7ccccc7ccc5n6-c5ccccc5)c4)cc3)cc2)cc1. The van der Waals surface area contributed by atoms with Gasteiger partial charge in [0.15, 0.2) is 0 Å². The molecule has 0 saturated heterocycles. The summed E-state index contributed by atoms with van der Waals surface area (Å²) in [5.74, 6) is 0. The summed E-state index contributed by atoms with van der Waals surface area (Å²) in [7, 11) is 0. The van der Waals surface area contributed by atoms with E-state index in [9.17, 15) is 0 Å². The van der Waals surface area contributed by atoms with Crippen molar-refractivity contribution in [3.05, 3.63) is 267 Å². The normalized spacial score (nSPS) is 11.5. The first kappa shape index (κ1) is 39.4. The minimum absolute atomic E-state index is 1.08. The van der Waals surface area contributed by atoms with Gasteiger partial charge in [-0.2, -0.15) is 0 Å². The molecule has 0 aliphatic heterocycles. The number of benzene rings is 12. The van der Waals surface area contributed by atoms with Crippen LogP contribution in [0.4, 0.5) is 17.1 Å². The molecule has 0 radical (unpaired) electrons. The van der Waals surface area contributed by atoms with Gasteiger partial charge in [0, 0.05) is 33.5 Å². The van der Waals surface area contributed by atoms with Gasteiger partial charge in [-0.05, 0) is 144 Å². The van der Waals surface area contributed by atoms with Crippen LogP contribution in [0, 0.1) is 0 Å². The maximum atomic E-state index is 2.42. The highest BCUT2D eigenvalue weighted by Crippen LogP contribution is 2.45. The van der Waals surface area contributed by atoms with Crippen molar-refractivity contribution in [1.82, 2.24) is 4.57 Å². The van der Waals surface area contributed by atoms with E-state index in [2.05, 4.69) is 276 Å². The average Bonchev–Trinajstić information content (AvgIpc) is 3.77. The van der Waals surface area contributed by atoms with E-state index < -0.39 is 0 Å². The summed E-state index contributed by atoms with van der Waals surface area (Å²) in [5.41, 5.74) is 16.4. The van der Waals surface area contributed by atoms with Crippen LogP contribution in [0.3, 0.4) is 0 Å². The Balaban J connectivity index is 0.960. The fourth-order valence-corrected chi connectivity index (χ4v) is 10.6. The second-order valence-corrected chi connectivity index (χ2v) is 17.7. The van der Waals surface area contributed by atoms with Gasteiger partial charge in [-0.25, -0.2) is 0 Å². The minimum Gasteiger partial charge on any atom is -0.310 e. The number of anilines is 3. The highest BCUT2D eigenvalue weighted by Gasteiger charge is 2.20. The predicted molar refractivity (Wildman–Crippen MR) is 290 cm³/mol. The molecule has 318 valence electrons. The van der Waals surface area contributed by atoms with E-state index in [1.54, 1.807) is 0 Å². The highest BCUT2D eigenvalue weighted by molar-refractivity contribution is 6.25. The first-order chi connectivity index (χ1) is 33.7. The third kappa shape index (κ3) is 6.73. The number of rotatable bonds is 8. The van der Waals surface area contributed by atoms with E-state index >= 15 is 0 Å². The smallest absolute Gasteiger partial charge is 0.0547 e. The Hall–Kier alpha value is -8.98. The van der Waals surface area contributed by atoms with Crippen molar-refractivity contribution < 1.29 is 0 Å². The lowest BCUT2D eigenvalue weighted by Crippen LogP contribution is -2.10. The Morgan fingerprint density at radius 3 is 1.47 bits per heavy atom. The summed E-state index contributed by atoms with van der Waals surface area (Å²) < 4.78 is 2.42. The molecule has 12 aromatic carbocycles. The molecule has 0 N–H and O–H groups in total. The van der Waals surface area contributed by atoms with E-state index in [0.29, 0.717) is 0 Å². The number of para-hydroxylation sites is 1. The van der Waals surface area contributed by atoms with E-state index in [1.165, 1.54) is 93.1 Å². The Kier molecular flexibility index (Phi) is 9.54. The molecule has 2 heteroatoms. The zero-order valence-electron chi connectivity index (χ0n) is 37.3. The molecule has 0 spiro atoms. The quantitative estimate of drug-likeness (QED) is 0.138. The summed E-state index contributed by atoms with van der Waals surface area (Å²) in [6.07, 6.45) is 0. The largest absolute Gasteiger partial charge is 0.310 e. The molecule has 0 amide bonds. The number of nitrogens with zero attached hydrogens (tertiary/aromatic N) is 2. The summed E-state index contributed by atoms with van der Waals surface area (Å²) in [6.45, 7) is 0. The number of aromatic nitrogens is 1. The zero-order valence-corrected chi connectivity index (χ0v) is 37.3. The molecule has 0 unspecified atom stereocenters. The van der Waals surface area contributed by atoms with Gasteiger partial charge in [-0.15, -0.1) is 0 Å². The van der Waals surface area contributed by atoms with Crippen molar-refractivity contribution in [2.45, 2.75) is 0 Å². The summed E-state index contributed by atoms with van der Waals surface area (Å²) in [6, 6.07) is 97.4. The van der Waals surface area contributed by atoms with Gasteiger partial charge in [-0.3, -0.25) is 0 Å². The summed E-state index contributed by atoms with van der Waals surface area (Å²) >= 11 is 0. The number of fused-ring (bicyclic) bond motifs is 8. The zero-order chi connectivity index (χ0) is 45.0. The molecule has 0 aliphatic carbocycles. The van der Waals surface area contributed by atoms with Crippen molar-refractivity contribution in [3.63, 3.8) is 0 Å². The fourth-order valence-electron chi connectivity index (χ4n) is 10.6. The van der Waals surface area contributed by atoms with Gasteiger partial charge in [0.25, 0.3) is 0 Å². The molecule has 13 aromatic rings. The van der Waals surface area contributed by atoms with Gasteiger partial charge in [0.05, 0.1) is 11.0 Å². The third-order valence-electron chi connectivity index (χ3n) is 13.8. The van der Waals surface area contributed by atoms with Gasteiger partial charge in [0.1, 0.15) is 0 Å². The monoisotopic (exact) mass is 864 g/mol. The molecule has 0 saturated carbocycles. The van der Waals surface area contributed by atoms with Crippen LogP contribution in [-0.2, 0) is 0 Å².